The summed E-state index contributed by atoms with van der Waals surface area (Å²) in [7, 11) is 1.38. The minimum absolute atomic E-state index is 0.338. The van der Waals surface area contributed by atoms with Gasteiger partial charge in [-0.2, -0.15) is 13.2 Å². The van der Waals surface area contributed by atoms with Crippen molar-refractivity contribution >= 4 is 16.9 Å². The van der Waals surface area contributed by atoms with E-state index in [-0.39, 0.29) is 5.97 Å². The number of para-hydroxylation sites is 1. The Labute approximate surface area is 233 Å². The molecule has 0 N–H and O–H groups in total. The molecule has 210 valence electrons. The second-order valence-electron chi connectivity index (χ2n) is 11.0. The van der Waals surface area contributed by atoms with Crippen molar-refractivity contribution < 1.29 is 22.7 Å². The van der Waals surface area contributed by atoms with E-state index in [1.807, 2.05) is 30.3 Å². The average Bonchev–Trinajstić information content (AvgIpc) is 3.19. The van der Waals surface area contributed by atoms with Crippen molar-refractivity contribution in [2.45, 2.75) is 52.4 Å². The minimum atomic E-state index is -4.32. The highest BCUT2D eigenvalue weighted by Crippen LogP contribution is 2.33. The van der Waals surface area contributed by atoms with Crippen LogP contribution in [0, 0.1) is 19.8 Å². The number of hydrogen-bond donors (Lipinski definition) is 0. The lowest BCUT2D eigenvalue weighted by Crippen LogP contribution is -2.34. The third kappa shape index (κ3) is 6.09. The summed E-state index contributed by atoms with van der Waals surface area (Å²) in [6, 6.07) is 20.5. The maximum Gasteiger partial charge on any atom is 0.416 e. The minimum Gasteiger partial charge on any atom is -0.465 e. The molecule has 0 saturated carbocycles. The number of nitrogens with zero attached hydrogens (tertiary/aromatic N) is 2. The van der Waals surface area contributed by atoms with E-state index in [0.717, 1.165) is 50.0 Å². The standard InChI is InChI=1S/C33H35F3N2O2/c1-22-16-26(18-28(17-22)33(34,35)36)20-37-14-12-25(13-15-37)21-38-23(2)30(29-6-4-5-7-31(29)38)19-24-8-10-27(11-9-24)32(39)40-3/h4-11,16-18,25H,12-15,19-21H2,1-3H3. The summed E-state index contributed by atoms with van der Waals surface area (Å²) in [5.74, 6) is 0.163. The third-order valence-electron chi connectivity index (χ3n) is 8.14. The van der Waals surface area contributed by atoms with Crippen molar-refractivity contribution in [3.8, 4) is 0 Å². The van der Waals surface area contributed by atoms with E-state index in [4.69, 9.17) is 4.74 Å². The van der Waals surface area contributed by atoms with Crippen molar-refractivity contribution in [3.63, 3.8) is 0 Å². The molecular formula is C33H35F3N2O2. The largest absolute Gasteiger partial charge is 0.465 e. The molecule has 1 saturated heterocycles. The number of benzene rings is 3. The number of ether oxygens (including phenoxy) is 1. The molecule has 0 aliphatic carbocycles. The average molecular weight is 549 g/mol. The molecular weight excluding hydrogens is 513 g/mol. The van der Waals surface area contributed by atoms with Gasteiger partial charge in [0.2, 0.25) is 0 Å². The van der Waals surface area contributed by atoms with Crippen LogP contribution in [-0.2, 0) is 30.4 Å². The first-order chi connectivity index (χ1) is 19.1. The molecule has 2 heterocycles. The summed E-state index contributed by atoms with van der Waals surface area (Å²) in [6.45, 7) is 7.12. The van der Waals surface area contributed by atoms with Crippen molar-refractivity contribution in [1.29, 1.82) is 0 Å². The molecule has 0 bridgehead atoms. The monoisotopic (exact) mass is 548 g/mol. The van der Waals surface area contributed by atoms with Gasteiger partial charge >= 0.3 is 12.1 Å². The maximum atomic E-state index is 13.3. The highest BCUT2D eigenvalue weighted by Gasteiger charge is 2.31. The fraction of sp³-hybridized carbons (Fsp3) is 0.364. The number of fused-ring (bicyclic) bond motifs is 1. The molecule has 0 unspecified atom stereocenters. The number of aromatic nitrogens is 1. The lowest BCUT2D eigenvalue weighted by Gasteiger charge is -2.32. The Morgan fingerprint density at radius 2 is 1.65 bits per heavy atom. The Morgan fingerprint density at radius 3 is 2.33 bits per heavy atom. The Hall–Kier alpha value is -3.58. The Kier molecular flexibility index (Phi) is 8.04. The van der Waals surface area contributed by atoms with Crippen LogP contribution in [0.25, 0.3) is 10.9 Å². The Bertz CT molecular complexity index is 1500. The van der Waals surface area contributed by atoms with Crippen LogP contribution >= 0.6 is 0 Å². The normalized spacial score (nSPS) is 15.1. The van der Waals surface area contributed by atoms with Crippen LogP contribution in [0.5, 0.6) is 0 Å². The molecule has 0 radical (unpaired) electrons. The predicted octanol–water partition coefficient (Wildman–Crippen LogP) is 7.57. The number of alkyl halides is 3. The van der Waals surface area contributed by atoms with E-state index in [9.17, 15) is 18.0 Å². The summed E-state index contributed by atoms with van der Waals surface area (Å²) in [4.78, 5) is 14.1. The molecule has 4 aromatic rings. The quantitative estimate of drug-likeness (QED) is 0.224. The van der Waals surface area contributed by atoms with Crippen LogP contribution in [0.3, 0.4) is 0 Å². The summed E-state index contributed by atoms with van der Waals surface area (Å²) >= 11 is 0. The Balaban J connectivity index is 1.28. The molecule has 5 rings (SSSR count). The van der Waals surface area contributed by atoms with Gasteiger partial charge in [0.25, 0.3) is 0 Å². The van der Waals surface area contributed by atoms with Crippen molar-refractivity contribution in [3.05, 3.63) is 106 Å². The molecule has 0 spiro atoms. The van der Waals surface area contributed by atoms with E-state index < -0.39 is 11.7 Å². The van der Waals surface area contributed by atoms with E-state index in [1.54, 1.807) is 6.92 Å². The predicted molar refractivity (Wildman–Crippen MR) is 151 cm³/mol. The van der Waals surface area contributed by atoms with Gasteiger partial charge in [0.05, 0.1) is 18.2 Å². The summed E-state index contributed by atoms with van der Waals surface area (Å²) in [5, 5.41) is 1.24. The van der Waals surface area contributed by atoms with Crippen LogP contribution in [0.4, 0.5) is 13.2 Å². The summed E-state index contributed by atoms with van der Waals surface area (Å²) < 4.78 is 47.1. The lowest BCUT2D eigenvalue weighted by atomic mass is 9.95. The first kappa shape index (κ1) is 28.0. The fourth-order valence-electron chi connectivity index (χ4n) is 6.00. The molecule has 0 atom stereocenters. The number of halogens is 3. The van der Waals surface area contributed by atoms with Crippen molar-refractivity contribution in [2.75, 3.05) is 20.2 Å². The van der Waals surface area contributed by atoms with Crippen LogP contribution in [0.2, 0.25) is 0 Å². The number of hydrogen-bond acceptors (Lipinski definition) is 3. The number of methoxy groups -OCH3 is 1. The van der Waals surface area contributed by atoms with Gasteiger partial charge in [0, 0.05) is 29.7 Å². The van der Waals surface area contributed by atoms with Gasteiger partial charge in [-0.05, 0) is 99.1 Å². The van der Waals surface area contributed by atoms with Crippen LogP contribution in [0.1, 0.15) is 56.7 Å². The molecule has 0 amide bonds. The third-order valence-corrected chi connectivity index (χ3v) is 8.14. The number of likely N-dealkylation sites (tertiary alicyclic amines) is 1. The zero-order chi connectivity index (χ0) is 28.4. The number of rotatable bonds is 7. The molecule has 1 aliphatic heterocycles. The highest BCUT2D eigenvalue weighted by molar-refractivity contribution is 5.89. The second kappa shape index (κ2) is 11.5. The maximum absolute atomic E-state index is 13.3. The van der Waals surface area contributed by atoms with E-state index >= 15 is 0 Å². The topological polar surface area (TPSA) is 34.5 Å². The zero-order valence-corrected chi connectivity index (χ0v) is 23.2. The van der Waals surface area contributed by atoms with E-state index in [0.29, 0.717) is 23.6 Å². The van der Waals surface area contributed by atoms with E-state index in [1.165, 1.54) is 41.4 Å². The molecule has 7 heteroatoms. The van der Waals surface area contributed by atoms with Crippen molar-refractivity contribution in [2.24, 2.45) is 5.92 Å². The lowest BCUT2D eigenvalue weighted by molar-refractivity contribution is -0.137. The van der Waals surface area contributed by atoms with Crippen LogP contribution < -0.4 is 0 Å². The first-order valence-corrected chi connectivity index (χ1v) is 13.8. The van der Waals surface area contributed by atoms with Crippen LogP contribution in [0.15, 0.2) is 66.7 Å². The second-order valence-corrected chi connectivity index (χ2v) is 11.0. The van der Waals surface area contributed by atoms with Gasteiger partial charge in [-0.3, -0.25) is 4.90 Å². The number of aryl methyl sites for hydroxylation is 1. The van der Waals surface area contributed by atoms with E-state index in [2.05, 4.69) is 40.7 Å². The number of carbonyl (C=O) groups is 1. The van der Waals surface area contributed by atoms with Gasteiger partial charge in [-0.1, -0.05) is 42.0 Å². The molecule has 3 aromatic carbocycles. The van der Waals surface area contributed by atoms with Gasteiger partial charge in [-0.15, -0.1) is 0 Å². The molecule has 1 aliphatic rings. The highest BCUT2D eigenvalue weighted by atomic mass is 19.4. The summed E-state index contributed by atoms with van der Waals surface area (Å²) in [5.41, 5.74) is 6.24. The molecule has 1 aromatic heterocycles. The molecule has 40 heavy (non-hydrogen) atoms. The smallest absolute Gasteiger partial charge is 0.416 e. The van der Waals surface area contributed by atoms with Crippen molar-refractivity contribution in [1.82, 2.24) is 9.47 Å². The molecule has 1 fully saturated rings. The van der Waals surface area contributed by atoms with Gasteiger partial charge in [0.1, 0.15) is 0 Å². The Morgan fingerprint density at radius 1 is 0.950 bits per heavy atom. The van der Waals surface area contributed by atoms with Gasteiger partial charge in [0.15, 0.2) is 0 Å². The number of piperidine rings is 1. The SMILES string of the molecule is COC(=O)c1ccc(Cc2c(C)n(CC3CCN(Cc4cc(C)cc(C(F)(F)F)c4)CC3)c3ccccc23)cc1. The summed E-state index contributed by atoms with van der Waals surface area (Å²) in [6.07, 6.45) is -1.53. The zero-order valence-electron chi connectivity index (χ0n) is 23.2. The first-order valence-electron chi connectivity index (χ1n) is 13.8. The van der Waals surface area contributed by atoms with Crippen LogP contribution in [-0.4, -0.2) is 35.6 Å². The van der Waals surface area contributed by atoms with Gasteiger partial charge in [-0.25, -0.2) is 4.79 Å². The number of esters is 1. The number of carbonyl (C=O) groups excluding carboxylic acids is 1. The fourth-order valence-corrected chi connectivity index (χ4v) is 6.00. The molecule has 4 nitrogen and oxygen atoms in total. The van der Waals surface area contributed by atoms with Gasteiger partial charge < -0.3 is 9.30 Å².